The number of nitrogens with zero attached hydrogens (tertiary/aromatic N) is 3. The summed E-state index contributed by atoms with van der Waals surface area (Å²) in [5.41, 5.74) is 0.428. The van der Waals surface area contributed by atoms with Crippen molar-refractivity contribution in [2.45, 2.75) is 19.4 Å². The molecule has 2 aliphatic rings. The summed E-state index contributed by atoms with van der Waals surface area (Å²) in [6.07, 6.45) is 7.16. The second-order valence-corrected chi connectivity index (χ2v) is 6.58. The Kier molecular flexibility index (Phi) is 2.60. The highest BCUT2D eigenvalue weighted by molar-refractivity contribution is 5.83. The van der Waals surface area contributed by atoms with Gasteiger partial charge in [0.25, 0.3) is 0 Å². The molecule has 0 spiro atoms. The van der Waals surface area contributed by atoms with Crippen LogP contribution in [0.3, 0.4) is 0 Å². The van der Waals surface area contributed by atoms with Crippen molar-refractivity contribution < 1.29 is 4.79 Å². The highest BCUT2D eigenvalue weighted by Crippen LogP contribution is 2.49. The maximum Gasteiger partial charge on any atom is 0.224 e. The minimum Gasteiger partial charge on any atom is -0.344 e. The van der Waals surface area contributed by atoms with Gasteiger partial charge in [-0.1, -0.05) is 0 Å². The predicted molar refractivity (Wildman–Crippen MR) is 77.5 cm³/mol. The van der Waals surface area contributed by atoms with E-state index in [1.165, 1.54) is 0 Å². The van der Waals surface area contributed by atoms with E-state index < -0.39 is 5.54 Å². The van der Waals surface area contributed by atoms with E-state index in [1.807, 2.05) is 24.4 Å². The van der Waals surface area contributed by atoms with Gasteiger partial charge < -0.3 is 10.6 Å². The summed E-state index contributed by atoms with van der Waals surface area (Å²) in [6.45, 7) is 5.94. The Morgan fingerprint density at radius 1 is 1.38 bits per heavy atom. The molecule has 2 N–H and O–H groups in total. The quantitative estimate of drug-likeness (QED) is 0.864. The molecular formula is C15H19N5O. The lowest BCUT2D eigenvalue weighted by Gasteiger charge is -2.25. The first-order valence-corrected chi connectivity index (χ1v) is 7.38. The second-order valence-electron chi connectivity index (χ2n) is 6.58. The Morgan fingerprint density at radius 3 is 2.90 bits per heavy atom. The summed E-state index contributed by atoms with van der Waals surface area (Å²) in [7, 11) is 0. The fourth-order valence-corrected chi connectivity index (χ4v) is 3.57. The predicted octanol–water partition coefficient (Wildman–Crippen LogP) is 0.546. The van der Waals surface area contributed by atoms with Crippen molar-refractivity contribution in [3.05, 3.63) is 30.6 Å². The monoisotopic (exact) mass is 285 g/mol. The molecule has 3 atom stereocenters. The Morgan fingerprint density at radius 2 is 2.14 bits per heavy atom. The van der Waals surface area contributed by atoms with Gasteiger partial charge in [-0.2, -0.15) is 0 Å². The zero-order chi connectivity index (χ0) is 14.6. The molecule has 4 rings (SSSR count). The molecule has 3 heterocycles. The molecule has 1 saturated carbocycles. The fraction of sp³-hybridized carbons (Fsp3) is 0.533. The number of hydrogen-bond acceptors (Lipinski definition) is 4. The minimum atomic E-state index is -0.505. The first kappa shape index (κ1) is 12.8. The highest BCUT2D eigenvalue weighted by Gasteiger charge is 2.57. The van der Waals surface area contributed by atoms with Gasteiger partial charge in [0.05, 0.1) is 23.4 Å². The van der Waals surface area contributed by atoms with Crippen LogP contribution in [0.1, 0.15) is 19.7 Å². The van der Waals surface area contributed by atoms with Crippen molar-refractivity contribution in [2.75, 3.05) is 13.1 Å². The summed E-state index contributed by atoms with van der Waals surface area (Å²) in [4.78, 5) is 21.0. The largest absolute Gasteiger partial charge is 0.344 e. The maximum absolute atomic E-state index is 12.5. The van der Waals surface area contributed by atoms with Crippen molar-refractivity contribution in [1.82, 2.24) is 25.0 Å². The zero-order valence-electron chi connectivity index (χ0n) is 12.2. The molecule has 110 valence electrons. The fourth-order valence-electron chi connectivity index (χ4n) is 3.57. The second kappa shape index (κ2) is 4.27. The first-order chi connectivity index (χ1) is 10.1. The molecular weight excluding hydrogens is 266 g/mol. The van der Waals surface area contributed by atoms with Crippen LogP contribution in [-0.4, -0.2) is 33.4 Å². The van der Waals surface area contributed by atoms with Crippen molar-refractivity contribution in [2.24, 2.45) is 17.8 Å². The van der Waals surface area contributed by atoms with Crippen molar-refractivity contribution in [3.8, 4) is 0 Å². The van der Waals surface area contributed by atoms with E-state index in [4.69, 9.17) is 0 Å². The van der Waals surface area contributed by atoms with Gasteiger partial charge >= 0.3 is 0 Å². The molecule has 0 bridgehead atoms. The van der Waals surface area contributed by atoms with Crippen LogP contribution in [0, 0.1) is 17.8 Å². The number of amides is 1. The van der Waals surface area contributed by atoms with Gasteiger partial charge in [0.2, 0.25) is 5.91 Å². The van der Waals surface area contributed by atoms with E-state index in [0.29, 0.717) is 11.8 Å². The highest BCUT2D eigenvalue weighted by atomic mass is 16.2. The Labute approximate surface area is 123 Å². The molecule has 1 saturated heterocycles. The number of fused-ring (bicyclic) bond motifs is 2. The lowest BCUT2D eigenvalue weighted by atomic mass is 10.0. The number of carbonyl (C=O) groups is 1. The van der Waals surface area contributed by atoms with Crippen LogP contribution in [-0.2, 0) is 10.3 Å². The zero-order valence-corrected chi connectivity index (χ0v) is 12.2. The Balaban J connectivity index is 1.57. The van der Waals surface area contributed by atoms with E-state index in [0.717, 1.165) is 24.4 Å². The summed E-state index contributed by atoms with van der Waals surface area (Å²) in [5.74, 6) is 2.22. The smallest absolute Gasteiger partial charge is 0.224 e. The third-order valence-corrected chi connectivity index (χ3v) is 4.72. The van der Waals surface area contributed by atoms with E-state index in [9.17, 15) is 4.79 Å². The van der Waals surface area contributed by atoms with Crippen LogP contribution in [0.2, 0.25) is 0 Å². The molecule has 2 aromatic rings. The van der Waals surface area contributed by atoms with Gasteiger partial charge in [-0.05, 0) is 38.8 Å². The SMILES string of the molecule is CC(C)(NC(=O)C1[C@H]2CNC[C@@H]12)c1ncc2cnccn12. The van der Waals surface area contributed by atoms with Crippen LogP contribution < -0.4 is 10.6 Å². The number of imidazole rings is 1. The average Bonchev–Trinajstić information content (AvgIpc) is 2.82. The van der Waals surface area contributed by atoms with Crippen LogP contribution in [0.4, 0.5) is 0 Å². The van der Waals surface area contributed by atoms with Crippen molar-refractivity contribution >= 4 is 11.4 Å². The molecule has 1 amide bonds. The van der Waals surface area contributed by atoms with E-state index >= 15 is 0 Å². The van der Waals surface area contributed by atoms with Gasteiger partial charge in [-0.25, -0.2) is 4.98 Å². The van der Waals surface area contributed by atoms with Crippen molar-refractivity contribution in [3.63, 3.8) is 0 Å². The van der Waals surface area contributed by atoms with E-state index in [1.54, 1.807) is 18.6 Å². The summed E-state index contributed by atoms with van der Waals surface area (Å²) < 4.78 is 1.97. The van der Waals surface area contributed by atoms with Gasteiger partial charge in [0.1, 0.15) is 5.82 Å². The van der Waals surface area contributed by atoms with Gasteiger partial charge in [0.15, 0.2) is 0 Å². The average molecular weight is 285 g/mol. The number of aromatic nitrogens is 3. The van der Waals surface area contributed by atoms with E-state index in [2.05, 4.69) is 20.6 Å². The van der Waals surface area contributed by atoms with Crippen LogP contribution in [0.5, 0.6) is 0 Å². The maximum atomic E-state index is 12.5. The molecule has 6 heteroatoms. The summed E-state index contributed by atoms with van der Waals surface area (Å²) >= 11 is 0. The van der Waals surface area contributed by atoms with Crippen LogP contribution >= 0.6 is 0 Å². The standard InChI is InChI=1S/C15H19N5O/c1-15(2,14-18-6-9-5-16-3-4-20(9)14)19-13(21)12-10-7-17-8-11(10)12/h3-6,10-12,17H,7-8H2,1-2H3,(H,19,21)/t10-,11+,12?. The van der Waals surface area contributed by atoms with Crippen LogP contribution in [0.15, 0.2) is 24.8 Å². The third kappa shape index (κ3) is 1.93. The summed E-state index contributed by atoms with van der Waals surface area (Å²) in [5, 5.41) is 6.49. The number of nitrogens with one attached hydrogen (secondary N) is 2. The third-order valence-electron chi connectivity index (χ3n) is 4.72. The molecule has 1 unspecified atom stereocenters. The molecule has 2 aromatic heterocycles. The van der Waals surface area contributed by atoms with Gasteiger partial charge in [-0.3, -0.25) is 14.2 Å². The number of piperidine rings is 1. The molecule has 21 heavy (non-hydrogen) atoms. The van der Waals surface area contributed by atoms with Gasteiger partial charge in [-0.15, -0.1) is 0 Å². The first-order valence-electron chi connectivity index (χ1n) is 7.38. The molecule has 6 nitrogen and oxygen atoms in total. The number of carbonyl (C=O) groups excluding carboxylic acids is 1. The lowest BCUT2D eigenvalue weighted by Crippen LogP contribution is -2.44. The molecule has 0 radical (unpaired) electrons. The number of hydrogen-bond donors (Lipinski definition) is 2. The molecule has 0 aromatic carbocycles. The normalized spacial score (nSPS) is 27.6. The lowest BCUT2D eigenvalue weighted by molar-refractivity contribution is -0.124. The minimum absolute atomic E-state index is 0.155. The Bertz CT molecular complexity index is 697. The topological polar surface area (TPSA) is 71.3 Å². The van der Waals surface area contributed by atoms with E-state index in [-0.39, 0.29) is 11.8 Å². The molecule has 1 aliphatic carbocycles. The number of rotatable bonds is 3. The van der Waals surface area contributed by atoms with Crippen LogP contribution in [0.25, 0.3) is 5.52 Å². The molecule has 2 fully saturated rings. The molecule has 1 aliphatic heterocycles. The summed E-state index contributed by atoms with van der Waals surface area (Å²) in [6, 6.07) is 0. The van der Waals surface area contributed by atoms with Crippen molar-refractivity contribution in [1.29, 1.82) is 0 Å². The Hall–Kier alpha value is -1.95. The van der Waals surface area contributed by atoms with Gasteiger partial charge in [0, 0.05) is 18.3 Å².